The smallest absolute Gasteiger partial charge is 0.258 e. The highest BCUT2D eigenvalue weighted by molar-refractivity contribution is 5.75. The van der Waals surface area contributed by atoms with Gasteiger partial charge in [-0.05, 0) is 18.2 Å². The molecule has 0 bridgehead atoms. The van der Waals surface area contributed by atoms with E-state index in [0.717, 1.165) is 12.1 Å². The number of nitro groups is 2. The minimum atomic E-state index is -0.714. The fourth-order valence-electron chi connectivity index (χ4n) is 1.73. The predicted octanol–water partition coefficient (Wildman–Crippen LogP) is 3.81. The van der Waals surface area contributed by atoms with Crippen molar-refractivity contribution in [3.05, 3.63) is 79.6 Å². The minimum Gasteiger partial charge on any atom is -0.258 e. The summed E-state index contributed by atoms with van der Waals surface area (Å²) in [6.07, 6.45) is 2.73. The highest BCUT2D eigenvalue weighted by Gasteiger charge is 2.17. The largest absolute Gasteiger partial charge is 0.283 e. The van der Waals surface area contributed by atoms with Crippen LogP contribution in [0, 0.1) is 26.0 Å². The van der Waals surface area contributed by atoms with Crippen LogP contribution in [0.1, 0.15) is 11.1 Å². The molecule has 0 atom stereocenters. The molecule has 2 rings (SSSR count). The third kappa shape index (κ3) is 3.27. The van der Waals surface area contributed by atoms with Gasteiger partial charge in [0.15, 0.2) is 0 Å². The first kappa shape index (κ1) is 14.3. The van der Waals surface area contributed by atoms with Gasteiger partial charge in [-0.1, -0.05) is 24.3 Å². The highest BCUT2D eigenvalue weighted by Crippen LogP contribution is 2.26. The number of hydrogen-bond acceptors (Lipinski definition) is 4. The summed E-state index contributed by atoms with van der Waals surface area (Å²) >= 11 is 0. The quantitative estimate of drug-likeness (QED) is 0.486. The number of non-ortho nitro benzene ring substituents is 1. The van der Waals surface area contributed by atoms with Crippen LogP contribution in [0.2, 0.25) is 0 Å². The van der Waals surface area contributed by atoms with Crippen molar-refractivity contribution in [1.82, 2.24) is 0 Å². The molecule has 0 saturated heterocycles. The van der Waals surface area contributed by atoms with Gasteiger partial charge in [0.1, 0.15) is 5.82 Å². The van der Waals surface area contributed by atoms with E-state index in [-0.39, 0.29) is 16.8 Å². The summed E-state index contributed by atoms with van der Waals surface area (Å²) in [5, 5.41) is 21.6. The molecule has 21 heavy (non-hydrogen) atoms. The number of halogens is 1. The maximum Gasteiger partial charge on any atom is 0.283 e. The Labute approximate surface area is 118 Å². The number of nitro benzene ring substituents is 2. The van der Waals surface area contributed by atoms with Gasteiger partial charge in [-0.15, -0.1) is 0 Å². The predicted molar refractivity (Wildman–Crippen MR) is 75.1 cm³/mol. The van der Waals surface area contributed by atoms with Crippen LogP contribution >= 0.6 is 0 Å². The zero-order valence-electron chi connectivity index (χ0n) is 10.6. The monoisotopic (exact) mass is 288 g/mol. The van der Waals surface area contributed by atoms with Crippen molar-refractivity contribution in [3.63, 3.8) is 0 Å². The topological polar surface area (TPSA) is 86.3 Å². The van der Waals surface area contributed by atoms with Crippen LogP contribution in [0.15, 0.2) is 42.5 Å². The number of hydrogen-bond donors (Lipinski definition) is 0. The lowest BCUT2D eigenvalue weighted by atomic mass is 10.1. The van der Waals surface area contributed by atoms with Crippen LogP contribution in [-0.4, -0.2) is 9.85 Å². The third-order valence-corrected chi connectivity index (χ3v) is 2.77. The molecule has 0 aromatic heterocycles. The fraction of sp³-hybridized carbons (Fsp3) is 0. The molecule has 7 heteroatoms. The first-order valence-electron chi connectivity index (χ1n) is 5.84. The summed E-state index contributed by atoms with van der Waals surface area (Å²) in [4.78, 5) is 20.2. The minimum absolute atomic E-state index is 0.161. The summed E-state index contributed by atoms with van der Waals surface area (Å²) in [7, 11) is 0. The Hall–Kier alpha value is -3.09. The van der Waals surface area contributed by atoms with Crippen LogP contribution in [0.4, 0.5) is 15.8 Å². The molecule has 6 nitrogen and oxygen atoms in total. The van der Waals surface area contributed by atoms with Gasteiger partial charge in [0.25, 0.3) is 11.4 Å². The maximum atomic E-state index is 13.4. The molecule has 2 aromatic carbocycles. The van der Waals surface area contributed by atoms with E-state index in [9.17, 15) is 24.6 Å². The van der Waals surface area contributed by atoms with Gasteiger partial charge in [-0.2, -0.15) is 0 Å². The van der Waals surface area contributed by atoms with Gasteiger partial charge >= 0.3 is 0 Å². The van der Waals surface area contributed by atoms with Crippen molar-refractivity contribution in [2.75, 3.05) is 0 Å². The van der Waals surface area contributed by atoms with E-state index in [4.69, 9.17) is 0 Å². The van der Waals surface area contributed by atoms with Gasteiger partial charge in [-0.3, -0.25) is 20.2 Å². The van der Waals surface area contributed by atoms with Crippen LogP contribution in [0.25, 0.3) is 12.2 Å². The Kier molecular flexibility index (Phi) is 4.03. The molecule has 0 fully saturated rings. The van der Waals surface area contributed by atoms with E-state index < -0.39 is 21.4 Å². The molecule has 0 unspecified atom stereocenters. The molecule has 2 aromatic rings. The zero-order chi connectivity index (χ0) is 15.4. The van der Waals surface area contributed by atoms with Crippen molar-refractivity contribution in [1.29, 1.82) is 0 Å². The molecule has 0 aliphatic heterocycles. The second-order valence-corrected chi connectivity index (χ2v) is 4.11. The molecule has 0 amide bonds. The molecule has 0 heterocycles. The van der Waals surface area contributed by atoms with Gasteiger partial charge < -0.3 is 0 Å². The average Bonchev–Trinajstić information content (AvgIpc) is 2.46. The van der Waals surface area contributed by atoms with E-state index in [1.807, 2.05) is 0 Å². The summed E-state index contributed by atoms with van der Waals surface area (Å²) in [6.45, 7) is 0. The Bertz CT molecular complexity index is 744. The first-order chi connectivity index (χ1) is 9.99. The van der Waals surface area contributed by atoms with Gasteiger partial charge in [-0.25, -0.2) is 4.39 Å². The SMILES string of the molecule is O=[N+]([O-])c1ccc(/C=C/c2ccccc2F)c([N+](=O)[O-])c1. The molecule has 0 aliphatic carbocycles. The second kappa shape index (κ2) is 5.91. The van der Waals surface area contributed by atoms with E-state index in [1.165, 1.54) is 36.4 Å². The van der Waals surface area contributed by atoms with Crippen molar-refractivity contribution in [2.24, 2.45) is 0 Å². The van der Waals surface area contributed by atoms with Crippen molar-refractivity contribution in [3.8, 4) is 0 Å². The summed E-state index contributed by atoms with van der Waals surface area (Å²) in [5.41, 5.74) is -0.347. The van der Waals surface area contributed by atoms with E-state index in [1.54, 1.807) is 6.07 Å². The highest BCUT2D eigenvalue weighted by atomic mass is 19.1. The number of nitrogens with zero attached hydrogens (tertiary/aromatic N) is 2. The number of benzene rings is 2. The molecule has 106 valence electrons. The normalized spacial score (nSPS) is 10.7. The molecule has 0 radical (unpaired) electrons. The van der Waals surface area contributed by atoms with Crippen molar-refractivity contribution < 1.29 is 14.2 Å². The van der Waals surface area contributed by atoms with E-state index in [2.05, 4.69) is 0 Å². The maximum absolute atomic E-state index is 13.4. The first-order valence-corrected chi connectivity index (χ1v) is 5.84. The van der Waals surface area contributed by atoms with Crippen molar-refractivity contribution in [2.45, 2.75) is 0 Å². The standard InChI is InChI=1S/C14H9FN2O4/c15-13-4-2-1-3-10(13)5-6-11-7-8-12(16(18)19)9-14(11)17(20)21/h1-9H/b6-5+. The van der Waals surface area contributed by atoms with Crippen LogP contribution < -0.4 is 0 Å². The number of rotatable bonds is 4. The van der Waals surface area contributed by atoms with Crippen LogP contribution in [0.5, 0.6) is 0 Å². The Balaban J connectivity index is 2.42. The Morgan fingerprint density at radius 2 is 1.57 bits per heavy atom. The molecular formula is C14H9FN2O4. The van der Waals surface area contributed by atoms with Crippen molar-refractivity contribution >= 4 is 23.5 Å². The molecule has 0 N–H and O–H groups in total. The fourth-order valence-corrected chi connectivity index (χ4v) is 1.73. The van der Waals surface area contributed by atoms with E-state index >= 15 is 0 Å². The Morgan fingerprint density at radius 3 is 2.19 bits per heavy atom. The van der Waals surface area contributed by atoms with Gasteiger partial charge in [0, 0.05) is 11.6 Å². The second-order valence-electron chi connectivity index (χ2n) is 4.11. The lowest BCUT2D eigenvalue weighted by molar-refractivity contribution is -0.394. The zero-order valence-corrected chi connectivity index (χ0v) is 10.6. The lowest BCUT2D eigenvalue weighted by Gasteiger charge is -1.99. The third-order valence-electron chi connectivity index (χ3n) is 2.77. The van der Waals surface area contributed by atoms with Crippen LogP contribution in [-0.2, 0) is 0 Å². The molecule has 0 saturated carbocycles. The van der Waals surface area contributed by atoms with Gasteiger partial charge in [0.2, 0.25) is 0 Å². The van der Waals surface area contributed by atoms with Gasteiger partial charge in [0.05, 0.1) is 21.5 Å². The van der Waals surface area contributed by atoms with E-state index in [0.29, 0.717) is 0 Å². The lowest BCUT2D eigenvalue weighted by Crippen LogP contribution is -1.94. The summed E-state index contributed by atoms with van der Waals surface area (Å²) in [5.74, 6) is -0.460. The Morgan fingerprint density at radius 1 is 0.905 bits per heavy atom. The summed E-state index contributed by atoms with van der Waals surface area (Å²) in [6, 6.07) is 9.24. The van der Waals surface area contributed by atoms with Crippen LogP contribution in [0.3, 0.4) is 0 Å². The molecular weight excluding hydrogens is 279 g/mol. The average molecular weight is 288 g/mol. The molecule has 0 spiro atoms. The summed E-state index contributed by atoms with van der Waals surface area (Å²) < 4.78 is 13.4. The molecule has 0 aliphatic rings.